The molecule has 1 amide bonds. The van der Waals surface area contributed by atoms with Crippen LogP contribution in [0.25, 0.3) is 0 Å². The Kier molecular flexibility index (Phi) is 5.85. The van der Waals surface area contributed by atoms with Crippen LogP contribution in [-0.2, 0) is 10.0 Å². The van der Waals surface area contributed by atoms with Gasteiger partial charge in [0.2, 0.25) is 10.0 Å². The Labute approximate surface area is 153 Å². The topological polar surface area (TPSA) is 82.6 Å². The number of piperazine rings is 1. The summed E-state index contributed by atoms with van der Waals surface area (Å²) in [6.07, 6.45) is 1.73. The molecule has 1 aromatic heterocycles. The molecule has 8 heteroatoms. The molecule has 0 spiro atoms. The fourth-order valence-corrected chi connectivity index (χ4v) is 4.19. The number of carbonyl (C=O) groups is 1. The van der Waals surface area contributed by atoms with Crippen molar-refractivity contribution in [1.82, 2.24) is 14.6 Å². The van der Waals surface area contributed by atoms with Gasteiger partial charge in [0.15, 0.2) is 0 Å². The molecule has 0 bridgehead atoms. The molecule has 2 heterocycles. The van der Waals surface area contributed by atoms with Crippen LogP contribution in [0.2, 0.25) is 0 Å². The summed E-state index contributed by atoms with van der Waals surface area (Å²) in [4.78, 5) is 18.3. The van der Waals surface area contributed by atoms with Gasteiger partial charge in [-0.05, 0) is 24.3 Å². The molecule has 1 aliphatic heterocycles. The van der Waals surface area contributed by atoms with E-state index in [-0.39, 0.29) is 18.2 Å². The Morgan fingerprint density at radius 2 is 1.69 bits per heavy atom. The first-order valence-electron chi connectivity index (χ1n) is 8.53. The third-order valence-corrected chi connectivity index (χ3v) is 6.16. The van der Waals surface area contributed by atoms with E-state index in [1.165, 1.54) is 4.31 Å². The molecule has 1 N–H and O–H groups in total. The second kappa shape index (κ2) is 8.29. The number of amides is 1. The molecule has 2 aromatic rings. The second-order valence-electron chi connectivity index (χ2n) is 6.01. The summed E-state index contributed by atoms with van der Waals surface area (Å²) in [5, 5.41) is 2.66. The highest BCUT2D eigenvalue weighted by molar-refractivity contribution is 7.89. The number of carbonyl (C=O) groups excluding carboxylic acids is 1. The minimum absolute atomic E-state index is 0.0938. The zero-order valence-electron chi connectivity index (χ0n) is 14.4. The molecular weight excluding hydrogens is 352 g/mol. The van der Waals surface area contributed by atoms with Crippen LogP contribution in [0, 0.1) is 0 Å². The van der Waals surface area contributed by atoms with Crippen molar-refractivity contribution in [2.45, 2.75) is 0 Å². The van der Waals surface area contributed by atoms with Crippen molar-refractivity contribution >= 4 is 21.7 Å². The fourth-order valence-electron chi connectivity index (χ4n) is 2.85. The lowest BCUT2D eigenvalue weighted by Gasteiger charge is -2.34. The van der Waals surface area contributed by atoms with Gasteiger partial charge in [-0.1, -0.05) is 24.3 Å². The van der Waals surface area contributed by atoms with Gasteiger partial charge in [-0.3, -0.25) is 4.79 Å². The number of hydrogen-bond donors (Lipinski definition) is 1. The van der Waals surface area contributed by atoms with Gasteiger partial charge in [0.05, 0.1) is 5.75 Å². The van der Waals surface area contributed by atoms with Crippen LogP contribution in [0.5, 0.6) is 0 Å². The number of hydrogen-bond acceptors (Lipinski definition) is 5. The molecule has 0 unspecified atom stereocenters. The average molecular weight is 374 g/mol. The zero-order valence-corrected chi connectivity index (χ0v) is 15.2. The fraction of sp³-hybridized carbons (Fsp3) is 0.333. The molecule has 3 rings (SSSR count). The van der Waals surface area contributed by atoms with E-state index in [1.54, 1.807) is 30.5 Å². The van der Waals surface area contributed by atoms with Crippen LogP contribution in [0.15, 0.2) is 54.7 Å². The van der Waals surface area contributed by atoms with Gasteiger partial charge in [0, 0.05) is 44.5 Å². The SMILES string of the molecule is O=C(NCCS(=O)(=O)N1CCN(c2ccccn2)CC1)c1ccccc1. The second-order valence-corrected chi connectivity index (χ2v) is 8.10. The zero-order chi connectivity index (χ0) is 18.4. The van der Waals surface area contributed by atoms with Gasteiger partial charge in [0.1, 0.15) is 5.82 Å². The van der Waals surface area contributed by atoms with Gasteiger partial charge in [0.25, 0.3) is 5.91 Å². The van der Waals surface area contributed by atoms with Crippen molar-refractivity contribution in [2.24, 2.45) is 0 Å². The summed E-state index contributed by atoms with van der Waals surface area (Å²) >= 11 is 0. The Hall–Kier alpha value is -2.45. The molecule has 26 heavy (non-hydrogen) atoms. The van der Waals surface area contributed by atoms with E-state index in [9.17, 15) is 13.2 Å². The Morgan fingerprint density at radius 3 is 2.35 bits per heavy atom. The summed E-state index contributed by atoms with van der Waals surface area (Å²) in [5.41, 5.74) is 0.522. The minimum Gasteiger partial charge on any atom is -0.354 e. The van der Waals surface area contributed by atoms with Gasteiger partial charge in [-0.15, -0.1) is 0 Å². The van der Waals surface area contributed by atoms with E-state index in [4.69, 9.17) is 0 Å². The molecule has 1 aromatic carbocycles. The Bertz CT molecular complexity index is 820. The lowest BCUT2D eigenvalue weighted by molar-refractivity contribution is 0.0956. The average Bonchev–Trinajstić information content (AvgIpc) is 2.69. The standard InChI is InChI=1S/C18H22N4O3S/c23-18(16-6-2-1-3-7-16)20-10-15-26(24,25)22-13-11-21(12-14-22)17-8-4-5-9-19-17/h1-9H,10-15H2,(H,20,23). The molecule has 1 fully saturated rings. The van der Waals surface area contributed by atoms with Crippen molar-refractivity contribution in [2.75, 3.05) is 43.4 Å². The molecule has 1 saturated heterocycles. The van der Waals surface area contributed by atoms with Crippen molar-refractivity contribution < 1.29 is 13.2 Å². The van der Waals surface area contributed by atoms with Gasteiger partial charge < -0.3 is 10.2 Å². The summed E-state index contributed by atoms with van der Waals surface area (Å²) < 4.78 is 26.5. The van der Waals surface area contributed by atoms with Crippen molar-refractivity contribution in [1.29, 1.82) is 0 Å². The number of benzene rings is 1. The van der Waals surface area contributed by atoms with Crippen molar-refractivity contribution in [3.63, 3.8) is 0 Å². The van der Waals surface area contributed by atoms with Gasteiger partial charge in [-0.2, -0.15) is 4.31 Å². The molecule has 1 aliphatic rings. The van der Waals surface area contributed by atoms with Gasteiger partial charge in [-0.25, -0.2) is 13.4 Å². The predicted molar refractivity (Wildman–Crippen MR) is 101 cm³/mol. The molecule has 7 nitrogen and oxygen atoms in total. The van der Waals surface area contributed by atoms with E-state index in [0.29, 0.717) is 31.7 Å². The highest BCUT2D eigenvalue weighted by atomic mass is 32.2. The number of pyridine rings is 1. The molecule has 0 saturated carbocycles. The largest absolute Gasteiger partial charge is 0.354 e. The molecule has 0 radical (unpaired) electrons. The first-order chi connectivity index (χ1) is 12.6. The maximum absolute atomic E-state index is 12.5. The molecule has 138 valence electrons. The van der Waals surface area contributed by atoms with E-state index < -0.39 is 10.0 Å². The minimum atomic E-state index is -3.40. The van der Waals surface area contributed by atoms with Crippen LogP contribution >= 0.6 is 0 Å². The Balaban J connectivity index is 1.48. The van der Waals surface area contributed by atoms with E-state index >= 15 is 0 Å². The molecular formula is C18H22N4O3S. The third kappa shape index (κ3) is 4.59. The molecule has 0 aliphatic carbocycles. The highest BCUT2D eigenvalue weighted by Crippen LogP contribution is 2.14. The summed E-state index contributed by atoms with van der Waals surface area (Å²) in [6.45, 7) is 2.15. The summed E-state index contributed by atoms with van der Waals surface area (Å²) in [7, 11) is -3.40. The smallest absolute Gasteiger partial charge is 0.251 e. The maximum atomic E-state index is 12.5. The van der Waals surface area contributed by atoms with Crippen LogP contribution in [0.3, 0.4) is 0 Å². The number of aromatic nitrogens is 1. The molecule has 0 atom stereocenters. The van der Waals surface area contributed by atoms with Crippen LogP contribution in [-0.4, -0.2) is 62.1 Å². The van der Waals surface area contributed by atoms with Crippen LogP contribution < -0.4 is 10.2 Å². The lowest BCUT2D eigenvalue weighted by atomic mass is 10.2. The number of anilines is 1. The number of rotatable bonds is 6. The first kappa shape index (κ1) is 18.3. The van der Waals surface area contributed by atoms with Crippen molar-refractivity contribution in [3.8, 4) is 0 Å². The third-order valence-electron chi connectivity index (χ3n) is 4.29. The monoisotopic (exact) mass is 374 g/mol. The van der Waals surface area contributed by atoms with Crippen LogP contribution in [0.1, 0.15) is 10.4 Å². The van der Waals surface area contributed by atoms with Crippen molar-refractivity contribution in [3.05, 3.63) is 60.3 Å². The van der Waals surface area contributed by atoms with E-state index in [1.807, 2.05) is 24.3 Å². The van der Waals surface area contributed by atoms with Crippen LogP contribution in [0.4, 0.5) is 5.82 Å². The summed E-state index contributed by atoms with van der Waals surface area (Å²) in [6, 6.07) is 14.4. The maximum Gasteiger partial charge on any atom is 0.251 e. The van der Waals surface area contributed by atoms with E-state index in [0.717, 1.165) is 5.82 Å². The first-order valence-corrected chi connectivity index (χ1v) is 10.1. The van der Waals surface area contributed by atoms with Gasteiger partial charge >= 0.3 is 0 Å². The predicted octanol–water partition coefficient (Wildman–Crippen LogP) is 0.963. The quantitative estimate of drug-likeness (QED) is 0.815. The summed E-state index contributed by atoms with van der Waals surface area (Å²) in [5.74, 6) is 0.496. The number of sulfonamides is 1. The highest BCUT2D eigenvalue weighted by Gasteiger charge is 2.27. The lowest BCUT2D eigenvalue weighted by Crippen LogP contribution is -2.50. The normalized spacial score (nSPS) is 15.6. The number of nitrogens with one attached hydrogen (secondary N) is 1. The Morgan fingerprint density at radius 1 is 1.00 bits per heavy atom. The number of nitrogens with zero attached hydrogens (tertiary/aromatic N) is 3. The van der Waals surface area contributed by atoms with E-state index in [2.05, 4.69) is 15.2 Å².